The zero-order chi connectivity index (χ0) is 21.3. The number of phenolic OH excluding ortho intramolecular Hbond substituents is 1. The third-order valence-corrected chi connectivity index (χ3v) is 4.43. The highest BCUT2D eigenvalue weighted by atomic mass is 16.6. The molecule has 1 aliphatic heterocycles. The van der Waals surface area contributed by atoms with Gasteiger partial charge in [0.1, 0.15) is 5.57 Å². The molecule has 2 N–H and O–H groups in total. The zero-order valence-electron chi connectivity index (χ0n) is 15.6. The number of rotatable bonds is 4. The molecule has 1 saturated heterocycles. The van der Waals surface area contributed by atoms with Gasteiger partial charge in [-0.3, -0.25) is 25.0 Å². The summed E-state index contributed by atoms with van der Waals surface area (Å²) in [5, 5.41) is 22.6. The summed E-state index contributed by atoms with van der Waals surface area (Å²) in [6.45, 7) is 4.01. The van der Waals surface area contributed by atoms with Crippen molar-refractivity contribution in [1.29, 1.82) is 0 Å². The number of imide groups is 2. The number of nitro groups is 1. The van der Waals surface area contributed by atoms with Gasteiger partial charge in [0.15, 0.2) is 5.75 Å². The Bertz CT molecular complexity index is 1060. The number of carbonyl (C=O) groups excluding carboxylic acids is 3. The number of aromatic hydroxyl groups is 1. The third kappa shape index (κ3) is 3.84. The van der Waals surface area contributed by atoms with Crippen LogP contribution < -0.4 is 10.2 Å². The lowest BCUT2D eigenvalue weighted by atomic mass is 10.0. The summed E-state index contributed by atoms with van der Waals surface area (Å²) in [5.74, 6) is -2.05. The van der Waals surface area contributed by atoms with Crippen molar-refractivity contribution in [3.8, 4) is 5.75 Å². The molecule has 9 nitrogen and oxygen atoms in total. The molecule has 1 fully saturated rings. The Morgan fingerprint density at radius 1 is 1.10 bits per heavy atom. The molecule has 0 unspecified atom stereocenters. The minimum Gasteiger partial charge on any atom is -0.502 e. The molecule has 29 heavy (non-hydrogen) atoms. The summed E-state index contributed by atoms with van der Waals surface area (Å²) in [6.07, 6.45) is 1.13. The highest BCUT2D eigenvalue weighted by molar-refractivity contribution is 6.39. The second kappa shape index (κ2) is 7.55. The number of benzene rings is 2. The SMILES string of the molecule is CC(C)c1ccc(N2C(=O)NC(=O)/C(=C\c3ccc(O)c([N+](=O)[O-])c3)C2=O)cc1. The highest BCUT2D eigenvalue weighted by Gasteiger charge is 2.36. The maximum atomic E-state index is 12.8. The Labute approximate surface area is 165 Å². The van der Waals surface area contributed by atoms with Gasteiger partial charge in [0.25, 0.3) is 11.8 Å². The first-order valence-electron chi connectivity index (χ1n) is 8.68. The van der Waals surface area contributed by atoms with E-state index in [1.165, 1.54) is 6.07 Å². The van der Waals surface area contributed by atoms with E-state index >= 15 is 0 Å². The molecular weight excluding hydrogens is 378 g/mol. The van der Waals surface area contributed by atoms with E-state index in [1.54, 1.807) is 24.3 Å². The van der Waals surface area contributed by atoms with Crippen molar-refractivity contribution in [3.63, 3.8) is 0 Å². The fraction of sp³-hybridized carbons (Fsp3) is 0.150. The zero-order valence-corrected chi connectivity index (χ0v) is 15.6. The van der Waals surface area contributed by atoms with Gasteiger partial charge in [-0.2, -0.15) is 0 Å². The number of barbiturate groups is 1. The molecule has 9 heteroatoms. The first-order chi connectivity index (χ1) is 13.7. The standard InChI is InChI=1S/C20H17N3O6/c1-11(2)13-4-6-14(7-5-13)22-19(26)15(18(25)21-20(22)27)9-12-3-8-17(24)16(10-12)23(28)29/h3-11,24H,1-2H3,(H,21,25,27)/b15-9+. The fourth-order valence-electron chi connectivity index (χ4n) is 2.84. The van der Waals surface area contributed by atoms with Crippen LogP contribution in [0, 0.1) is 10.1 Å². The van der Waals surface area contributed by atoms with Crippen molar-refractivity contribution in [2.45, 2.75) is 19.8 Å². The molecule has 0 saturated carbocycles. The highest BCUT2D eigenvalue weighted by Crippen LogP contribution is 2.29. The third-order valence-electron chi connectivity index (χ3n) is 4.43. The summed E-state index contributed by atoms with van der Waals surface area (Å²) >= 11 is 0. The summed E-state index contributed by atoms with van der Waals surface area (Å²) in [6, 6.07) is 9.31. The number of hydrogen-bond acceptors (Lipinski definition) is 6. The van der Waals surface area contributed by atoms with Crippen molar-refractivity contribution >= 4 is 35.3 Å². The Kier molecular flexibility index (Phi) is 5.14. The summed E-state index contributed by atoms with van der Waals surface area (Å²) in [5.41, 5.74) is 0.518. The van der Waals surface area contributed by atoms with Crippen LogP contribution in [0.4, 0.5) is 16.2 Å². The summed E-state index contributed by atoms with van der Waals surface area (Å²) < 4.78 is 0. The van der Waals surface area contributed by atoms with Gasteiger partial charge >= 0.3 is 11.7 Å². The molecule has 0 bridgehead atoms. The molecule has 0 aliphatic carbocycles. The number of urea groups is 1. The smallest absolute Gasteiger partial charge is 0.335 e. The monoisotopic (exact) mass is 395 g/mol. The number of amides is 4. The van der Waals surface area contributed by atoms with E-state index in [-0.39, 0.29) is 22.7 Å². The second-order valence-corrected chi connectivity index (χ2v) is 6.71. The lowest BCUT2D eigenvalue weighted by Crippen LogP contribution is -2.54. The molecule has 1 heterocycles. The average Bonchev–Trinajstić information content (AvgIpc) is 2.66. The van der Waals surface area contributed by atoms with E-state index in [4.69, 9.17) is 0 Å². The van der Waals surface area contributed by atoms with Gasteiger partial charge in [-0.15, -0.1) is 0 Å². The number of hydrogen-bond donors (Lipinski definition) is 2. The van der Waals surface area contributed by atoms with E-state index in [9.17, 15) is 29.6 Å². The van der Waals surface area contributed by atoms with Gasteiger partial charge in [-0.05, 0) is 41.3 Å². The van der Waals surface area contributed by atoms with Crippen molar-refractivity contribution < 1.29 is 24.4 Å². The molecule has 148 valence electrons. The molecule has 0 radical (unpaired) electrons. The average molecular weight is 395 g/mol. The summed E-state index contributed by atoms with van der Waals surface area (Å²) in [7, 11) is 0. The van der Waals surface area contributed by atoms with E-state index in [0.29, 0.717) is 0 Å². The molecule has 0 aromatic heterocycles. The van der Waals surface area contributed by atoms with Crippen molar-refractivity contribution in [3.05, 3.63) is 69.3 Å². The maximum absolute atomic E-state index is 12.8. The van der Waals surface area contributed by atoms with E-state index in [0.717, 1.165) is 28.7 Å². The maximum Gasteiger partial charge on any atom is 0.335 e. The molecule has 3 rings (SSSR count). The van der Waals surface area contributed by atoms with Crippen LogP contribution in [0.5, 0.6) is 5.75 Å². The lowest BCUT2D eigenvalue weighted by molar-refractivity contribution is -0.385. The largest absolute Gasteiger partial charge is 0.502 e. The number of phenols is 1. The second-order valence-electron chi connectivity index (χ2n) is 6.71. The first kappa shape index (κ1) is 19.7. The Morgan fingerprint density at radius 3 is 2.34 bits per heavy atom. The van der Waals surface area contributed by atoms with Crippen LogP contribution in [-0.4, -0.2) is 27.9 Å². The lowest BCUT2D eigenvalue weighted by Gasteiger charge is -2.26. The molecule has 1 aliphatic rings. The first-order valence-corrected chi connectivity index (χ1v) is 8.68. The van der Waals surface area contributed by atoms with Crippen molar-refractivity contribution in [1.82, 2.24) is 5.32 Å². The molecule has 2 aromatic carbocycles. The summed E-state index contributed by atoms with van der Waals surface area (Å²) in [4.78, 5) is 48.3. The number of anilines is 1. The van der Waals surface area contributed by atoms with Gasteiger partial charge < -0.3 is 5.11 Å². The fourth-order valence-corrected chi connectivity index (χ4v) is 2.84. The molecular formula is C20H17N3O6. The normalized spacial score (nSPS) is 15.8. The Morgan fingerprint density at radius 2 is 1.76 bits per heavy atom. The quantitative estimate of drug-likeness (QED) is 0.354. The number of nitrogens with one attached hydrogen (secondary N) is 1. The van der Waals surface area contributed by atoms with Crippen LogP contribution in [0.1, 0.15) is 30.9 Å². The van der Waals surface area contributed by atoms with Gasteiger partial charge in [0, 0.05) is 6.07 Å². The number of nitrogens with zero attached hydrogens (tertiary/aromatic N) is 2. The minimum absolute atomic E-state index is 0.150. The van der Waals surface area contributed by atoms with Crippen LogP contribution in [0.2, 0.25) is 0 Å². The van der Waals surface area contributed by atoms with Crippen LogP contribution in [0.15, 0.2) is 48.0 Å². The van der Waals surface area contributed by atoms with E-state index in [1.807, 2.05) is 13.8 Å². The Hall–Kier alpha value is -4.01. The predicted molar refractivity (Wildman–Crippen MR) is 104 cm³/mol. The van der Waals surface area contributed by atoms with E-state index in [2.05, 4.69) is 5.32 Å². The van der Waals surface area contributed by atoms with Crippen molar-refractivity contribution in [2.75, 3.05) is 4.90 Å². The topological polar surface area (TPSA) is 130 Å². The number of nitro benzene ring substituents is 1. The van der Waals surface area contributed by atoms with Crippen LogP contribution >= 0.6 is 0 Å². The molecule has 0 atom stereocenters. The predicted octanol–water partition coefficient (Wildman–Crippen LogP) is 3.09. The van der Waals surface area contributed by atoms with Crippen LogP contribution in [0.3, 0.4) is 0 Å². The molecule has 2 aromatic rings. The van der Waals surface area contributed by atoms with E-state index < -0.39 is 34.2 Å². The van der Waals surface area contributed by atoms with Crippen LogP contribution in [0.25, 0.3) is 6.08 Å². The minimum atomic E-state index is -0.911. The van der Waals surface area contributed by atoms with Gasteiger partial charge in [0.2, 0.25) is 0 Å². The molecule has 4 amide bonds. The van der Waals surface area contributed by atoms with Gasteiger partial charge in [-0.25, -0.2) is 9.69 Å². The van der Waals surface area contributed by atoms with Crippen molar-refractivity contribution in [2.24, 2.45) is 0 Å². The number of carbonyl (C=O) groups is 3. The Balaban J connectivity index is 2.00. The molecule has 0 spiro atoms. The van der Waals surface area contributed by atoms with Crippen LogP contribution in [-0.2, 0) is 9.59 Å². The van der Waals surface area contributed by atoms with Gasteiger partial charge in [0.05, 0.1) is 10.6 Å². The van der Waals surface area contributed by atoms with Gasteiger partial charge in [-0.1, -0.05) is 32.0 Å².